The van der Waals surface area contributed by atoms with Gasteiger partial charge in [-0.05, 0) is 38.1 Å². The van der Waals surface area contributed by atoms with E-state index in [0.29, 0.717) is 17.5 Å². The molecule has 0 spiro atoms. The second kappa shape index (κ2) is 4.84. The average Bonchev–Trinajstić information content (AvgIpc) is 2.06. The largest absolute Gasteiger partial charge is 0.329 e. The molecule has 15 heavy (non-hydrogen) atoms. The summed E-state index contributed by atoms with van der Waals surface area (Å²) in [7, 11) is 2.24. The first kappa shape index (κ1) is 13.0. The maximum atomic E-state index is 5.92. The van der Waals surface area contributed by atoms with Crippen LogP contribution in [0, 0.1) is 11.3 Å². The van der Waals surface area contributed by atoms with Crippen molar-refractivity contribution in [3.63, 3.8) is 0 Å². The Morgan fingerprint density at radius 2 is 1.87 bits per heavy atom. The van der Waals surface area contributed by atoms with Crippen molar-refractivity contribution < 1.29 is 0 Å². The second-order valence-corrected chi connectivity index (χ2v) is 6.20. The third-order valence-corrected chi connectivity index (χ3v) is 4.32. The van der Waals surface area contributed by atoms with Crippen LogP contribution in [-0.2, 0) is 0 Å². The number of rotatable bonds is 4. The van der Waals surface area contributed by atoms with E-state index in [4.69, 9.17) is 5.73 Å². The predicted octanol–water partition coefficient (Wildman–Crippen LogP) is 2.48. The van der Waals surface area contributed by atoms with E-state index in [-0.39, 0.29) is 0 Å². The quantitative estimate of drug-likeness (QED) is 0.776. The maximum absolute atomic E-state index is 5.92. The van der Waals surface area contributed by atoms with Gasteiger partial charge in [-0.15, -0.1) is 0 Å². The van der Waals surface area contributed by atoms with Gasteiger partial charge in [0.05, 0.1) is 0 Å². The average molecular weight is 212 g/mol. The fraction of sp³-hybridized carbons (Fsp3) is 1.00. The molecule has 1 aliphatic rings. The molecular formula is C13H28N2. The first-order valence-corrected chi connectivity index (χ1v) is 6.30. The minimum Gasteiger partial charge on any atom is -0.329 e. The van der Waals surface area contributed by atoms with Crippen molar-refractivity contribution in [1.82, 2.24) is 4.90 Å². The molecule has 2 heteroatoms. The molecule has 0 amide bonds. The minimum absolute atomic E-state index is 0.339. The molecule has 2 N–H and O–H groups in total. The molecule has 0 heterocycles. The topological polar surface area (TPSA) is 29.3 Å². The predicted molar refractivity (Wildman–Crippen MR) is 66.9 cm³/mol. The molecule has 2 atom stereocenters. The van der Waals surface area contributed by atoms with Crippen molar-refractivity contribution in [2.45, 2.75) is 59.0 Å². The lowest BCUT2D eigenvalue weighted by molar-refractivity contribution is 0.0469. The van der Waals surface area contributed by atoms with Crippen LogP contribution in [0.15, 0.2) is 0 Å². The van der Waals surface area contributed by atoms with E-state index in [1.165, 1.54) is 19.3 Å². The summed E-state index contributed by atoms with van der Waals surface area (Å²) in [6, 6.07) is 1.18. The van der Waals surface area contributed by atoms with Crippen molar-refractivity contribution in [2.24, 2.45) is 17.1 Å². The fourth-order valence-electron chi connectivity index (χ4n) is 2.41. The van der Waals surface area contributed by atoms with E-state index >= 15 is 0 Å². The highest BCUT2D eigenvalue weighted by molar-refractivity contribution is 4.89. The molecule has 0 saturated heterocycles. The molecule has 0 radical (unpaired) electrons. The molecule has 1 saturated carbocycles. The van der Waals surface area contributed by atoms with Gasteiger partial charge in [0.2, 0.25) is 0 Å². The number of hydrogen-bond acceptors (Lipinski definition) is 2. The minimum atomic E-state index is 0.339. The molecule has 2 unspecified atom stereocenters. The van der Waals surface area contributed by atoms with Gasteiger partial charge in [0.25, 0.3) is 0 Å². The number of hydrogen-bond donors (Lipinski definition) is 1. The van der Waals surface area contributed by atoms with Crippen LogP contribution in [0.2, 0.25) is 0 Å². The van der Waals surface area contributed by atoms with Gasteiger partial charge >= 0.3 is 0 Å². The van der Waals surface area contributed by atoms with E-state index < -0.39 is 0 Å². The summed E-state index contributed by atoms with van der Waals surface area (Å²) in [5.41, 5.74) is 6.26. The summed E-state index contributed by atoms with van der Waals surface area (Å²) in [4.78, 5) is 2.50. The standard InChI is InChI=1S/C13H28N2/c1-10(13(2,3)4)15(5)12(9-14)11-7-6-8-11/h10-12H,6-9,14H2,1-5H3. The Bertz CT molecular complexity index is 191. The molecule has 1 aliphatic carbocycles. The first-order valence-electron chi connectivity index (χ1n) is 6.30. The van der Waals surface area contributed by atoms with Gasteiger partial charge < -0.3 is 5.73 Å². The normalized spacial score (nSPS) is 22.6. The molecule has 0 aromatic rings. The molecule has 0 aromatic carbocycles. The summed E-state index contributed by atoms with van der Waals surface area (Å²) in [5.74, 6) is 0.852. The molecule has 2 nitrogen and oxygen atoms in total. The van der Waals surface area contributed by atoms with Crippen LogP contribution < -0.4 is 5.73 Å². The van der Waals surface area contributed by atoms with Gasteiger partial charge in [0.15, 0.2) is 0 Å². The Labute approximate surface area is 95.2 Å². The van der Waals surface area contributed by atoms with Gasteiger partial charge in [-0.25, -0.2) is 0 Å². The van der Waals surface area contributed by atoms with Crippen molar-refractivity contribution in [1.29, 1.82) is 0 Å². The van der Waals surface area contributed by atoms with Gasteiger partial charge in [0.1, 0.15) is 0 Å². The van der Waals surface area contributed by atoms with E-state index in [1.54, 1.807) is 0 Å². The summed E-state index contributed by atoms with van der Waals surface area (Å²) in [6.07, 6.45) is 4.16. The van der Waals surface area contributed by atoms with Crippen LogP contribution in [0.5, 0.6) is 0 Å². The molecule has 1 rings (SSSR count). The second-order valence-electron chi connectivity index (χ2n) is 6.20. The number of likely N-dealkylation sites (N-methyl/N-ethyl adjacent to an activating group) is 1. The zero-order chi connectivity index (χ0) is 11.6. The third-order valence-electron chi connectivity index (χ3n) is 4.32. The Balaban J connectivity index is 2.59. The first-order chi connectivity index (χ1) is 6.88. The third kappa shape index (κ3) is 2.94. The van der Waals surface area contributed by atoms with Crippen molar-refractivity contribution in [2.75, 3.05) is 13.6 Å². The number of nitrogens with zero attached hydrogens (tertiary/aromatic N) is 1. The molecule has 1 fully saturated rings. The van der Waals surface area contributed by atoms with Crippen LogP contribution in [0.25, 0.3) is 0 Å². The van der Waals surface area contributed by atoms with Crippen molar-refractivity contribution in [3.05, 3.63) is 0 Å². The Kier molecular flexibility index (Phi) is 4.19. The molecule has 90 valence electrons. The van der Waals surface area contributed by atoms with Crippen LogP contribution in [0.1, 0.15) is 47.0 Å². The highest BCUT2D eigenvalue weighted by atomic mass is 15.2. The Morgan fingerprint density at radius 3 is 2.13 bits per heavy atom. The van der Waals surface area contributed by atoms with E-state index in [9.17, 15) is 0 Å². The smallest absolute Gasteiger partial charge is 0.0246 e. The lowest BCUT2D eigenvalue weighted by Gasteiger charge is -2.45. The monoisotopic (exact) mass is 212 g/mol. The van der Waals surface area contributed by atoms with Crippen LogP contribution in [0.4, 0.5) is 0 Å². The lowest BCUT2D eigenvalue weighted by atomic mass is 9.77. The van der Waals surface area contributed by atoms with Gasteiger partial charge in [-0.3, -0.25) is 4.90 Å². The van der Waals surface area contributed by atoms with Gasteiger partial charge in [-0.2, -0.15) is 0 Å². The summed E-state index contributed by atoms with van der Waals surface area (Å²) < 4.78 is 0. The van der Waals surface area contributed by atoms with Crippen LogP contribution in [-0.4, -0.2) is 30.6 Å². The summed E-state index contributed by atoms with van der Waals surface area (Å²) in [6.45, 7) is 10.1. The SMILES string of the molecule is CC(N(C)C(CN)C1CCC1)C(C)(C)C. The molecular weight excluding hydrogens is 184 g/mol. The number of nitrogens with two attached hydrogens (primary N) is 1. The van der Waals surface area contributed by atoms with Crippen molar-refractivity contribution >= 4 is 0 Å². The zero-order valence-corrected chi connectivity index (χ0v) is 11.1. The summed E-state index contributed by atoms with van der Waals surface area (Å²) in [5, 5.41) is 0. The highest BCUT2D eigenvalue weighted by Gasteiger charge is 2.34. The zero-order valence-electron chi connectivity index (χ0n) is 11.1. The van der Waals surface area contributed by atoms with Gasteiger partial charge in [0, 0.05) is 18.6 Å². The van der Waals surface area contributed by atoms with Crippen LogP contribution in [0.3, 0.4) is 0 Å². The maximum Gasteiger partial charge on any atom is 0.0246 e. The van der Waals surface area contributed by atoms with Crippen LogP contribution >= 0.6 is 0 Å². The molecule has 0 aromatic heterocycles. The van der Waals surface area contributed by atoms with Gasteiger partial charge in [-0.1, -0.05) is 27.2 Å². The Morgan fingerprint density at radius 1 is 1.33 bits per heavy atom. The van der Waals surface area contributed by atoms with E-state index in [2.05, 4.69) is 39.6 Å². The van der Waals surface area contributed by atoms with E-state index in [1.807, 2.05) is 0 Å². The summed E-state index contributed by atoms with van der Waals surface area (Å²) >= 11 is 0. The lowest BCUT2D eigenvalue weighted by Crippen LogP contribution is -2.52. The van der Waals surface area contributed by atoms with Crippen molar-refractivity contribution in [3.8, 4) is 0 Å². The highest BCUT2D eigenvalue weighted by Crippen LogP contribution is 2.34. The molecule has 0 aliphatic heterocycles. The molecule has 0 bridgehead atoms. The Hall–Kier alpha value is -0.0800. The fourth-order valence-corrected chi connectivity index (χ4v) is 2.41. The van der Waals surface area contributed by atoms with E-state index in [0.717, 1.165) is 12.5 Å².